The third kappa shape index (κ3) is 4.88. The summed E-state index contributed by atoms with van der Waals surface area (Å²) in [7, 11) is 0. The molecule has 2 aromatic carbocycles. The number of nitrogens with zero attached hydrogens (tertiary/aromatic N) is 2. The number of benzene rings is 2. The fraction of sp³-hybridized carbons (Fsp3) is 0.318. The van der Waals surface area contributed by atoms with Crippen molar-refractivity contribution < 1.29 is 9.53 Å². The smallest absolute Gasteiger partial charge is 0.230 e. The molecule has 3 aromatic rings. The quantitative estimate of drug-likeness (QED) is 0.621. The number of nitrogens with one attached hydrogen (secondary N) is 1. The van der Waals surface area contributed by atoms with Gasteiger partial charge in [0.15, 0.2) is 0 Å². The third-order valence-corrected chi connectivity index (χ3v) is 5.72. The number of aromatic nitrogens is 2. The highest BCUT2D eigenvalue weighted by molar-refractivity contribution is 7.99. The molecule has 0 spiro atoms. The van der Waals surface area contributed by atoms with Crippen LogP contribution in [0.1, 0.15) is 24.1 Å². The van der Waals surface area contributed by atoms with Crippen molar-refractivity contribution in [2.45, 2.75) is 30.4 Å². The van der Waals surface area contributed by atoms with E-state index in [1.54, 1.807) is 0 Å². The van der Waals surface area contributed by atoms with Crippen molar-refractivity contribution in [3.63, 3.8) is 0 Å². The molecule has 0 radical (unpaired) electrons. The molecule has 1 aliphatic heterocycles. The van der Waals surface area contributed by atoms with Crippen LogP contribution in [-0.4, -0.2) is 40.9 Å². The van der Waals surface area contributed by atoms with E-state index in [1.165, 1.54) is 17.3 Å². The number of carbonyl (C=O) groups excluding carboxylic acids is 1. The monoisotopic (exact) mass is 393 g/mol. The van der Waals surface area contributed by atoms with Gasteiger partial charge in [-0.3, -0.25) is 4.79 Å². The van der Waals surface area contributed by atoms with Crippen LogP contribution < -0.4 is 5.32 Å². The fourth-order valence-corrected chi connectivity index (χ4v) is 4.08. The molecule has 6 heteroatoms. The molecule has 0 aliphatic carbocycles. The molecular weight excluding hydrogens is 370 g/mol. The molecule has 1 aromatic heterocycles. The Kier molecular flexibility index (Phi) is 6.19. The van der Waals surface area contributed by atoms with Crippen LogP contribution in [0.3, 0.4) is 0 Å². The predicted octanol–water partition coefficient (Wildman–Crippen LogP) is 3.61. The maximum atomic E-state index is 12.3. The zero-order valence-electron chi connectivity index (χ0n) is 15.6. The Morgan fingerprint density at radius 3 is 2.57 bits per heavy atom. The summed E-state index contributed by atoms with van der Waals surface area (Å²) in [6, 6.07) is 18.1. The third-order valence-electron chi connectivity index (χ3n) is 4.71. The summed E-state index contributed by atoms with van der Waals surface area (Å²) in [6.07, 6.45) is 2.94. The second kappa shape index (κ2) is 9.17. The van der Waals surface area contributed by atoms with Gasteiger partial charge in [0.2, 0.25) is 5.91 Å². The zero-order valence-corrected chi connectivity index (χ0v) is 16.5. The van der Waals surface area contributed by atoms with Gasteiger partial charge < -0.3 is 10.1 Å². The van der Waals surface area contributed by atoms with Gasteiger partial charge in [-0.25, -0.2) is 9.97 Å². The van der Waals surface area contributed by atoms with Gasteiger partial charge >= 0.3 is 0 Å². The first kappa shape index (κ1) is 18.9. The van der Waals surface area contributed by atoms with Crippen molar-refractivity contribution in [1.82, 2.24) is 15.3 Å². The molecule has 1 fully saturated rings. The minimum absolute atomic E-state index is 0.00104. The molecule has 5 nitrogen and oxygen atoms in total. The Balaban J connectivity index is 1.47. The van der Waals surface area contributed by atoms with E-state index < -0.39 is 0 Å². The second-order valence-electron chi connectivity index (χ2n) is 6.85. The number of para-hydroxylation sites is 2. The lowest BCUT2D eigenvalue weighted by atomic mass is 10.1. The van der Waals surface area contributed by atoms with E-state index in [4.69, 9.17) is 14.7 Å². The molecule has 1 N–H and O–H groups in total. The molecule has 1 atom stereocenters. The number of ether oxygens (including phenoxy) is 1. The van der Waals surface area contributed by atoms with Crippen LogP contribution in [0.5, 0.6) is 0 Å². The van der Waals surface area contributed by atoms with Crippen LogP contribution in [0.2, 0.25) is 0 Å². The van der Waals surface area contributed by atoms with Crippen LogP contribution in [0.4, 0.5) is 0 Å². The van der Waals surface area contributed by atoms with Gasteiger partial charge in [0.05, 0.1) is 28.6 Å². The minimum atomic E-state index is 0.00104. The van der Waals surface area contributed by atoms with Crippen LogP contribution in [0, 0.1) is 0 Å². The van der Waals surface area contributed by atoms with E-state index in [9.17, 15) is 4.79 Å². The molecular formula is C22H23N3O2S. The Bertz CT molecular complexity index is 943. The molecule has 2 heterocycles. The molecule has 0 bridgehead atoms. The lowest BCUT2D eigenvalue weighted by Crippen LogP contribution is -2.32. The summed E-state index contributed by atoms with van der Waals surface area (Å²) >= 11 is 1.45. The summed E-state index contributed by atoms with van der Waals surface area (Å²) in [4.78, 5) is 21.9. The lowest BCUT2D eigenvalue weighted by Gasteiger charge is -2.12. The fourth-order valence-electron chi connectivity index (χ4n) is 3.26. The molecule has 4 rings (SSSR count). The van der Waals surface area contributed by atoms with Crippen LogP contribution >= 0.6 is 11.8 Å². The maximum absolute atomic E-state index is 12.3. The molecule has 0 saturated carbocycles. The number of amides is 1. The second-order valence-corrected chi connectivity index (χ2v) is 7.82. The Morgan fingerprint density at radius 1 is 1.07 bits per heavy atom. The molecule has 144 valence electrons. The lowest BCUT2D eigenvalue weighted by molar-refractivity contribution is -0.119. The van der Waals surface area contributed by atoms with Gasteiger partial charge in [0, 0.05) is 19.6 Å². The average Bonchev–Trinajstić information content (AvgIpc) is 3.25. The van der Waals surface area contributed by atoms with E-state index in [2.05, 4.69) is 17.4 Å². The highest BCUT2D eigenvalue weighted by Crippen LogP contribution is 2.24. The van der Waals surface area contributed by atoms with Crippen LogP contribution in [-0.2, 0) is 16.0 Å². The molecule has 1 unspecified atom stereocenters. The number of rotatable bonds is 7. The van der Waals surface area contributed by atoms with E-state index >= 15 is 0 Å². The van der Waals surface area contributed by atoms with Crippen molar-refractivity contribution in [3.8, 4) is 0 Å². The standard InChI is InChI=1S/C22H23N3O2S/c26-21(23-14-17-9-6-12-27-17)15-28-22-20(13-16-7-2-1-3-8-16)24-18-10-4-5-11-19(18)25-22/h1-5,7-8,10-11,17H,6,9,12-15H2,(H,23,26). The molecule has 1 amide bonds. The minimum Gasteiger partial charge on any atom is -0.376 e. The first-order valence-corrected chi connectivity index (χ1v) is 10.6. The van der Waals surface area contributed by atoms with Crippen LogP contribution in [0.15, 0.2) is 59.6 Å². The van der Waals surface area contributed by atoms with Crippen LogP contribution in [0.25, 0.3) is 11.0 Å². The van der Waals surface area contributed by atoms with Gasteiger partial charge in [0.25, 0.3) is 0 Å². The summed E-state index contributed by atoms with van der Waals surface area (Å²) < 4.78 is 5.56. The van der Waals surface area contributed by atoms with E-state index in [0.29, 0.717) is 18.7 Å². The Hall–Kier alpha value is -2.44. The topological polar surface area (TPSA) is 64.1 Å². The number of hydrogen-bond donors (Lipinski definition) is 1. The first-order chi connectivity index (χ1) is 13.8. The normalized spacial score (nSPS) is 16.4. The number of hydrogen-bond acceptors (Lipinski definition) is 5. The molecule has 1 aliphatic rings. The van der Waals surface area contributed by atoms with Crippen molar-refractivity contribution in [3.05, 3.63) is 65.9 Å². The van der Waals surface area contributed by atoms with Crippen molar-refractivity contribution in [1.29, 1.82) is 0 Å². The summed E-state index contributed by atoms with van der Waals surface area (Å²) in [5, 5.41) is 3.78. The summed E-state index contributed by atoms with van der Waals surface area (Å²) in [5.74, 6) is 0.322. The molecule has 28 heavy (non-hydrogen) atoms. The van der Waals surface area contributed by atoms with Gasteiger partial charge in [-0.15, -0.1) is 0 Å². The Morgan fingerprint density at radius 2 is 1.82 bits per heavy atom. The average molecular weight is 394 g/mol. The Labute approximate surface area is 168 Å². The number of fused-ring (bicyclic) bond motifs is 1. The van der Waals surface area contributed by atoms with Crippen molar-refractivity contribution >= 4 is 28.7 Å². The van der Waals surface area contributed by atoms with E-state index in [-0.39, 0.29) is 12.0 Å². The zero-order chi connectivity index (χ0) is 19.2. The number of thioether (sulfide) groups is 1. The van der Waals surface area contributed by atoms with Gasteiger partial charge in [-0.2, -0.15) is 0 Å². The highest BCUT2D eigenvalue weighted by atomic mass is 32.2. The first-order valence-electron chi connectivity index (χ1n) is 9.58. The molecule has 1 saturated heterocycles. The highest BCUT2D eigenvalue weighted by Gasteiger charge is 2.17. The van der Waals surface area contributed by atoms with Gasteiger partial charge in [0.1, 0.15) is 5.03 Å². The van der Waals surface area contributed by atoms with Gasteiger partial charge in [-0.05, 0) is 30.5 Å². The maximum Gasteiger partial charge on any atom is 0.230 e. The summed E-state index contributed by atoms with van der Waals surface area (Å²) in [5.41, 5.74) is 3.81. The van der Waals surface area contributed by atoms with Crippen molar-refractivity contribution in [2.75, 3.05) is 18.9 Å². The predicted molar refractivity (Wildman–Crippen MR) is 111 cm³/mol. The SMILES string of the molecule is O=C(CSc1nc2ccccc2nc1Cc1ccccc1)NCC1CCCO1. The van der Waals surface area contributed by atoms with Gasteiger partial charge in [-0.1, -0.05) is 54.2 Å². The van der Waals surface area contributed by atoms with Crippen molar-refractivity contribution in [2.24, 2.45) is 0 Å². The van der Waals surface area contributed by atoms with E-state index in [0.717, 1.165) is 41.2 Å². The van der Waals surface area contributed by atoms with E-state index in [1.807, 2.05) is 42.5 Å². The number of carbonyl (C=O) groups is 1. The summed E-state index contributed by atoms with van der Waals surface area (Å²) in [6.45, 7) is 1.38. The largest absolute Gasteiger partial charge is 0.376 e.